The number of amides is 2. The Bertz CT molecular complexity index is 445. The highest BCUT2D eigenvalue weighted by molar-refractivity contribution is 9.10. The molecule has 0 atom stereocenters. The van der Waals surface area contributed by atoms with Gasteiger partial charge in [-0.3, -0.25) is 0 Å². The van der Waals surface area contributed by atoms with E-state index < -0.39 is 0 Å². The highest BCUT2D eigenvalue weighted by atomic mass is 79.9. The normalized spacial score (nSPS) is 16.7. The minimum absolute atomic E-state index is 0.0414. The first-order valence-electron chi connectivity index (χ1n) is 6.07. The van der Waals surface area contributed by atoms with E-state index >= 15 is 0 Å². The predicted octanol–water partition coefficient (Wildman–Crippen LogP) is 4.37. The van der Waals surface area contributed by atoms with Crippen LogP contribution in [0.15, 0.2) is 22.7 Å². The van der Waals surface area contributed by atoms with Crippen molar-refractivity contribution >= 4 is 39.2 Å². The van der Waals surface area contributed by atoms with Crippen LogP contribution in [-0.2, 0) is 0 Å². The summed E-state index contributed by atoms with van der Waals surface area (Å²) < 4.78 is 0.828. The number of anilines is 1. The van der Waals surface area contributed by atoms with Gasteiger partial charge in [-0.2, -0.15) is 0 Å². The van der Waals surface area contributed by atoms with Gasteiger partial charge in [0.1, 0.15) is 0 Å². The molecule has 5 heteroatoms. The van der Waals surface area contributed by atoms with Gasteiger partial charge < -0.3 is 10.2 Å². The Kier molecular flexibility index (Phi) is 4.51. The van der Waals surface area contributed by atoms with Crippen LogP contribution in [0.5, 0.6) is 0 Å². The maximum Gasteiger partial charge on any atom is 0.321 e. The van der Waals surface area contributed by atoms with Gasteiger partial charge >= 0.3 is 6.03 Å². The van der Waals surface area contributed by atoms with Gasteiger partial charge in [-0.1, -0.05) is 18.5 Å². The minimum atomic E-state index is -0.0414. The van der Waals surface area contributed by atoms with Crippen LogP contribution in [-0.4, -0.2) is 24.0 Å². The van der Waals surface area contributed by atoms with Gasteiger partial charge in [-0.05, 0) is 52.9 Å². The average molecular weight is 332 g/mol. The Hall–Kier alpha value is -0.740. The number of nitrogens with one attached hydrogen (secondary N) is 1. The summed E-state index contributed by atoms with van der Waals surface area (Å²) in [6.07, 6.45) is 2.16. The molecular formula is C13H16BrClN2O. The number of piperidine rings is 1. The van der Waals surface area contributed by atoms with Gasteiger partial charge in [0.2, 0.25) is 0 Å². The SMILES string of the molecule is CC1CCN(C(=O)Nc2ccc(Br)c(Cl)c2)CC1. The van der Waals surface area contributed by atoms with Gasteiger partial charge in [-0.25, -0.2) is 4.79 Å². The molecule has 1 aliphatic heterocycles. The maximum atomic E-state index is 12.0. The van der Waals surface area contributed by atoms with Crippen LogP contribution < -0.4 is 5.32 Å². The molecule has 0 aromatic heterocycles. The quantitative estimate of drug-likeness (QED) is 0.814. The zero-order valence-corrected chi connectivity index (χ0v) is 12.6. The lowest BCUT2D eigenvalue weighted by Gasteiger charge is -2.30. The molecule has 1 aliphatic rings. The molecule has 0 aliphatic carbocycles. The van der Waals surface area contributed by atoms with Gasteiger partial charge in [0.15, 0.2) is 0 Å². The first kappa shape index (κ1) is 13.7. The molecule has 18 heavy (non-hydrogen) atoms. The van der Waals surface area contributed by atoms with E-state index in [2.05, 4.69) is 28.2 Å². The molecule has 0 spiro atoms. The Morgan fingerprint density at radius 1 is 1.44 bits per heavy atom. The molecule has 2 rings (SSSR count). The zero-order valence-electron chi connectivity index (χ0n) is 10.2. The number of urea groups is 1. The van der Waals surface area contributed by atoms with E-state index in [0.29, 0.717) is 5.02 Å². The number of rotatable bonds is 1. The van der Waals surface area contributed by atoms with Crippen LogP contribution in [0, 0.1) is 5.92 Å². The van der Waals surface area contributed by atoms with E-state index in [0.717, 1.165) is 42.0 Å². The van der Waals surface area contributed by atoms with Crippen molar-refractivity contribution in [1.29, 1.82) is 0 Å². The number of carbonyl (C=O) groups excluding carboxylic acids is 1. The van der Waals surface area contributed by atoms with E-state index in [9.17, 15) is 4.79 Å². The highest BCUT2D eigenvalue weighted by Gasteiger charge is 2.20. The van der Waals surface area contributed by atoms with Crippen LogP contribution in [0.4, 0.5) is 10.5 Å². The fraction of sp³-hybridized carbons (Fsp3) is 0.462. The molecule has 2 amide bonds. The van der Waals surface area contributed by atoms with Crippen LogP contribution in [0.25, 0.3) is 0 Å². The summed E-state index contributed by atoms with van der Waals surface area (Å²) in [4.78, 5) is 13.9. The first-order valence-corrected chi connectivity index (χ1v) is 7.24. The van der Waals surface area contributed by atoms with Crippen molar-refractivity contribution in [1.82, 2.24) is 4.90 Å². The van der Waals surface area contributed by atoms with Crippen molar-refractivity contribution in [3.8, 4) is 0 Å². The van der Waals surface area contributed by atoms with E-state index in [1.807, 2.05) is 17.0 Å². The fourth-order valence-electron chi connectivity index (χ4n) is 1.99. The first-order chi connectivity index (χ1) is 8.56. The van der Waals surface area contributed by atoms with Crippen LogP contribution in [0.2, 0.25) is 5.02 Å². The smallest absolute Gasteiger partial charge is 0.321 e. The number of carbonyl (C=O) groups is 1. The average Bonchev–Trinajstić information content (AvgIpc) is 2.34. The lowest BCUT2D eigenvalue weighted by Crippen LogP contribution is -2.40. The number of hydrogen-bond donors (Lipinski definition) is 1. The number of hydrogen-bond acceptors (Lipinski definition) is 1. The van der Waals surface area contributed by atoms with Crippen molar-refractivity contribution in [2.24, 2.45) is 5.92 Å². The predicted molar refractivity (Wildman–Crippen MR) is 78.1 cm³/mol. The Labute approximate surface area is 121 Å². The van der Waals surface area contributed by atoms with Crippen molar-refractivity contribution in [3.05, 3.63) is 27.7 Å². The molecule has 98 valence electrons. The number of benzene rings is 1. The van der Waals surface area contributed by atoms with Crippen molar-refractivity contribution < 1.29 is 4.79 Å². The van der Waals surface area contributed by atoms with E-state index in [1.165, 1.54) is 0 Å². The lowest BCUT2D eigenvalue weighted by molar-refractivity contribution is 0.186. The molecule has 1 aromatic rings. The number of nitrogens with zero attached hydrogens (tertiary/aromatic N) is 1. The second-order valence-corrected chi connectivity index (χ2v) is 5.99. The summed E-state index contributed by atoms with van der Waals surface area (Å²) in [6, 6.07) is 5.37. The minimum Gasteiger partial charge on any atom is -0.325 e. The topological polar surface area (TPSA) is 32.3 Å². The molecule has 1 saturated heterocycles. The second-order valence-electron chi connectivity index (χ2n) is 4.73. The van der Waals surface area contributed by atoms with E-state index in [4.69, 9.17) is 11.6 Å². The van der Waals surface area contributed by atoms with Crippen molar-refractivity contribution in [2.45, 2.75) is 19.8 Å². The van der Waals surface area contributed by atoms with Crippen LogP contribution in [0.1, 0.15) is 19.8 Å². The number of likely N-dealkylation sites (tertiary alicyclic amines) is 1. The molecule has 1 N–H and O–H groups in total. The molecular weight excluding hydrogens is 316 g/mol. The van der Waals surface area contributed by atoms with E-state index in [1.54, 1.807) is 6.07 Å². The Morgan fingerprint density at radius 2 is 2.11 bits per heavy atom. The number of halogens is 2. The van der Waals surface area contributed by atoms with Gasteiger partial charge in [-0.15, -0.1) is 0 Å². The molecule has 0 saturated carbocycles. The molecule has 1 fully saturated rings. The third-order valence-corrected chi connectivity index (χ3v) is 4.47. The summed E-state index contributed by atoms with van der Waals surface area (Å²) >= 11 is 9.31. The Morgan fingerprint density at radius 3 is 2.72 bits per heavy atom. The van der Waals surface area contributed by atoms with E-state index in [-0.39, 0.29) is 6.03 Å². The maximum absolute atomic E-state index is 12.0. The summed E-state index contributed by atoms with van der Waals surface area (Å²) in [6.45, 7) is 3.89. The standard InChI is InChI=1S/C13H16BrClN2O/c1-9-4-6-17(7-5-9)13(18)16-10-2-3-11(14)12(15)8-10/h2-3,8-9H,4-7H2,1H3,(H,16,18). The second kappa shape index (κ2) is 5.93. The summed E-state index contributed by atoms with van der Waals surface area (Å²) in [5.41, 5.74) is 0.729. The van der Waals surface area contributed by atoms with Gasteiger partial charge in [0.05, 0.1) is 5.02 Å². The Balaban J connectivity index is 1.96. The lowest BCUT2D eigenvalue weighted by atomic mass is 10.00. The molecule has 3 nitrogen and oxygen atoms in total. The molecule has 1 aromatic carbocycles. The van der Waals surface area contributed by atoms with Crippen LogP contribution >= 0.6 is 27.5 Å². The third-order valence-electron chi connectivity index (χ3n) is 3.24. The molecule has 0 bridgehead atoms. The largest absolute Gasteiger partial charge is 0.325 e. The zero-order chi connectivity index (χ0) is 13.1. The third kappa shape index (κ3) is 3.39. The summed E-state index contributed by atoms with van der Waals surface area (Å²) in [5.74, 6) is 0.719. The van der Waals surface area contributed by atoms with Crippen molar-refractivity contribution in [2.75, 3.05) is 18.4 Å². The highest BCUT2D eigenvalue weighted by Crippen LogP contribution is 2.26. The molecule has 0 unspecified atom stereocenters. The van der Waals surface area contributed by atoms with Crippen LogP contribution in [0.3, 0.4) is 0 Å². The monoisotopic (exact) mass is 330 g/mol. The van der Waals surface area contributed by atoms with Gasteiger partial charge in [0.25, 0.3) is 0 Å². The van der Waals surface area contributed by atoms with Gasteiger partial charge in [0, 0.05) is 23.2 Å². The fourth-order valence-corrected chi connectivity index (χ4v) is 2.42. The molecule has 1 heterocycles. The molecule has 0 radical (unpaired) electrons. The summed E-state index contributed by atoms with van der Waals surface area (Å²) in [5, 5.41) is 3.47. The van der Waals surface area contributed by atoms with Crippen molar-refractivity contribution in [3.63, 3.8) is 0 Å². The summed E-state index contributed by atoms with van der Waals surface area (Å²) in [7, 11) is 0.